The highest BCUT2D eigenvalue weighted by Crippen LogP contribution is 2.29. The Balaban J connectivity index is 1.45. The second-order valence-electron chi connectivity index (χ2n) is 7.30. The molecule has 2 aromatic carbocycles. The molecule has 0 atom stereocenters. The summed E-state index contributed by atoms with van der Waals surface area (Å²) in [6.07, 6.45) is 5.09. The van der Waals surface area contributed by atoms with Gasteiger partial charge in [-0.2, -0.15) is 5.10 Å². The van der Waals surface area contributed by atoms with Crippen LogP contribution in [0.3, 0.4) is 0 Å². The summed E-state index contributed by atoms with van der Waals surface area (Å²) in [7, 11) is 0. The summed E-state index contributed by atoms with van der Waals surface area (Å²) in [5, 5.41) is 10.8. The van der Waals surface area contributed by atoms with Gasteiger partial charge in [-0.15, -0.1) is 0 Å². The van der Waals surface area contributed by atoms with Gasteiger partial charge in [0.2, 0.25) is 0 Å². The Labute approximate surface area is 184 Å². The van der Waals surface area contributed by atoms with E-state index in [9.17, 15) is 4.79 Å². The van der Waals surface area contributed by atoms with Gasteiger partial charge in [0.1, 0.15) is 11.5 Å². The molecule has 0 aliphatic carbocycles. The third-order valence-corrected chi connectivity index (χ3v) is 4.96. The van der Waals surface area contributed by atoms with Crippen LogP contribution in [0.15, 0.2) is 85.3 Å². The van der Waals surface area contributed by atoms with Crippen molar-refractivity contribution in [2.75, 3.05) is 5.32 Å². The standard InChI is InChI=1S/C25H19N5O2/c1-16-11-19(9-10-27-16)28-25(31)24-22-13-17(7-8-23(22)29-30-24)18-12-21(15-26-14-18)32-20-5-3-2-4-6-20/h2-15H,1H3,(H,29,30)(H,27,28,31). The molecule has 0 aliphatic heterocycles. The van der Waals surface area contributed by atoms with Crippen molar-refractivity contribution < 1.29 is 9.53 Å². The highest BCUT2D eigenvalue weighted by molar-refractivity contribution is 6.11. The van der Waals surface area contributed by atoms with Gasteiger partial charge in [0.05, 0.1) is 11.7 Å². The Kier molecular flexibility index (Phi) is 5.05. The fourth-order valence-electron chi connectivity index (χ4n) is 3.44. The number of amides is 1. The Bertz CT molecular complexity index is 1410. The monoisotopic (exact) mass is 421 g/mol. The maximum Gasteiger partial charge on any atom is 0.276 e. The van der Waals surface area contributed by atoms with Crippen LogP contribution in [0.2, 0.25) is 0 Å². The number of carbonyl (C=O) groups is 1. The molecule has 1 amide bonds. The molecule has 0 radical (unpaired) electrons. The number of hydrogen-bond acceptors (Lipinski definition) is 5. The molecular formula is C25H19N5O2. The quantitative estimate of drug-likeness (QED) is 0.398. The van der Waals surface area contributed by atoms with Crippen LogP contribution in [-0.4, -0.2) is 26.1 Å². The molecule has 0 saturated carbocycles. The largest absolute Gasteiger partial charge is 0.456 e. The maximum absolute atomic E-state index is 12.9. The van der Waals surface area contributed by atoms with Gasteiger partial charge in [0, 0.05) is 34.7 Å². The molecule has 3 aromatic heterocycles. The number of pyridine rings is 2. The number of rotatable bonds is 5. The van der Waals surface area contributed by atoms with Crippen molar-refractivity contribution in [3.8, 4) is 22.6 Å². The zero-order valence-corrected chi connectivity index (χ0v) is 17.2. The molecule has 7 nitrogen and oxygen atoms in total. The number of benzene rings is 2. The Morgan fingerprint density at radius 1 is 0.938 bits per heavy atom. The normalized spacial score (nSPS) is 10.8. The summed E-state index contributed by atoms with van der Waals surface area (Å²) in [5.74, 6) is 1.08. The number of aryl methyl sites for hydroxylation is 1. The zero-order valence-electron chi connectivity index (χ0n) is 17.2. The summed E-state index contributed by atoms with van der Waals surface area (Å²) in [4.78, 5) is 21.3. The van der Waals surface area contributed by atoms with Crippen LogP contribution >= 0.6 is 0 Å². The van der Waals surface area contributed by atoms with Gasteiger partial charge >= 0.3 is 0 Å². The summed E-state index contributed by atoms with van der Waals surface area (Å²) < 4.78 is 5.90. The number of nitrogens with one attached hydrogen (secondary N) is 2. The lowest BCUT2D eigenvalue weighted by atomic mass is 10.0. The van der Waals surface area contributed by atoms with Crippen LogP contribution < -0.4 is 10.1 Å². The summed E-state index contributed by atoms with van der Waals surface area (Å²) in [6, 6.07) is 20.8. The lowest BCUT2D eigenvalue weighted by Crippen LogP contribution is -2.13. The van der Waals surface area contributed by atoms with E-state index in [1.54, 1.807) is 24.7 Å². The minimum atomic E-state index is -0.293. The first-order valence-corrected chi connectivity index (χ1v) is 10.1. The maximum atomic E-state index is 12.9. The van der Waals surface area contributed by atoms with E-state index >= 15 is 0 Å². The molecule has 2 N–H and O–H groups in total. The van der Waals surface area contributed by atoms with Gasteiger partial charge in [0.15, 0.2) is 5.69 Å². The van der Waals surface area contributed by atoms with E-state index in [2.05, 4.69) is 25.5 Å². The molecule has 0 aliphatic rings. The topological polar surface area (TPSA) is 92.8 Å². The van der Waals surface area contributed by atoms with Crippen LogP contribution in [0.5, 0.6) is 11.5 Å². The van der Waals surface area contributed by atoms with Crippen molar-refractivity contribution in [1.82, 2.24) is 20.2 Å². The number of anilines is 1. The second-order valence-corrected chi connectivity index (χ2v) is 7.30. The van der Waals surface area contributed by atoms with Gasteiger partial charge in [0.25, 0.3) is 5.91 Å². The number of ether oxygens (including phenoxy) is 1. The SMILES string of the molecule is Cc1cc(NC(=O)c2n[nH]c3ccc(-c4cncc(Oc5ccccc5)c4)cc23)ccn1. The van der Waals surface area contributed by atoms with Crippen LogP contribution in [0, 0.1) is 6.92 Å². The number of hydrogen-bond donors (Lipinski definition) is 2. The van der Waals surface area contributed by atoms with Crippen LogP contribution in [0.1, 0.15) is 16.2 Å². The number of fused-ring (bicyclic) bond motifs is 1. The van der Waals surface area contributed by atoms with E-state index in [-0.39, 0.29) is 5.91 Å². The van der Waals surface area contributed by atoms with Gasteiger partial charge < -0.3 is 10.1 Å². The first kappa shape index (κ1) is 19.4. The van der Waals surface area contributed by atoms with Crippen LogP contribution in [0.4, 0.5) is 5.69 Å². The molecule has 0 spiro atoms. The average molecular weight is 421 g/mol. The van der Waals surface area contributed by atoms with E-state index in [0.717, 1.165) is 33.5 Å². The zero-order chi connectivity index (χ0) is 21.9. The minimum absolute atomic E-state index is 0.293. The average Bonchev–Trinajstić information content (AvgIpc) is 3.23. The first-order valence-electron chi connectivity index (χ1n) is 10.1. The summed E-state index contributed by atoms with van der Waals surface area (Å²) in [6.45, 7) is 1.87. The van der Waals surface area contributed by atoms with Crippen LogP contribution in [0.25, 0.3) is 22.0 Å². The first-order chi connectivity index (χ1) is 15.7. The lowest BCUT2D eigenvalue weighted by Gasteiger charge is -2.08. The van der Waals surface area contributed by atoms with E-state index in [0.29, 0.717) is 17.1 Å². The number of aromatic nitrogens is 4. The molecule has 5 aromatic rings. The Morgan fingerprint density at radius 3 is 2.66 bits per heavy atom. The third kappa shape index (κ3) is 4.04. The molecule has 0 fully saturated rings. The third-order valence-electron chi connectivity index (χ3n) is 4.96. The van der Waals surface area contributed by atoms with Crippen molar-refractivity contribution in [2.45, 2.75) is 6.92 Å². The molecule has 5 rings (SSSR count). The van der Waals surface area contributed by atoms with Crippen LogP contribution in [-0.2, 0) is 0 Å². The summed E-state index contributed by atoms with van der Waals surface area (Å²) >= 11 is 0. The predicted molar refractivity (Wildman–Crippen MR) is 123 cm³/mol. The highest BCUT2D eigenvalue weighted by Gasteiger charge is 2.16. The highest BCUT2D eigenvalue weighted by atomic mass is 16.5. The van der Waals surface area contributed by atoms with Crippen molar-refractivity contribution in [2.24, 2.45) is 0 Å². The predicted octanol–water partition coefficient (Wildman–Crippen LogP) is 5.37. The van der Waals surface area contributed by atoms with Gasteiger partial charge in [-0.3, -0.25) is 19.9 Å². The molecule has 0 saturated heterocycles. The molecule has 32 heavy (non-hydrogen) atoms. The van der Waals surface area contributed by atoms with Crippen molar-refractivity contribution in [3.63, 3.8) is 0 Å². The lowest BCUT2D eigenvalue weighted by molar-refractivity contribution is 0.102. The molecule has 0 bridgehead atoms. The van der Waals surface area contributed by atoms with E-state index < -0.39 is 0 Å². The second kappa shape index (κ2) is 8.31. The smallest absolute Gasteiger partial charge is 0.276 e. The van der Waals surface area contributed by atoms with E-state index in [4.69, 9.17) is 4.74 Å². The Hall–Kier alpha value is -4.52. The molecule has 156 valence electrons. The number of carbonyl (C=O) groups excluding carboxylic acids is 1. The molecule has 7 heteroatoms. The molecule has 3 heterocycles. The minimum Gasteiger partial charge on any atom is -0.456 e. The van der Waals surface area contributed by atoms with Crippen molar-refractivity contribution >= 4 is 22.5 Å². The van der Waals surface area contributed by atoms with Gasteiger partial charge in [-0.05, 0) is 55.0 Å². The van der Waals surface area contributed by atoms with E-state index in [1.807, 2.05) is 67.6 Å². The van der Waals surface area contributed by atoms with E-state index in [1.165, 1.54) is 0 Å². The fraction of sp³-hybridized carbons (Fsp3) is 0.0400. The van der Waals surface area contributed by atoms with Gasteiger partial charge in [-0.25, -0.2) is 0 Å². The number of aromatic amines is 1. The van der Waals surface area contributed by atoms with Crippen molar-refractivity contribution in [1.29, 1.82) is 0 Å². The number of para-hydroxylation sites is 1. The molecule has 0 unspecified atom stereocenters. The fourth-order valence-corrected chi connectivity index (χ4v) is 3.44. The van der Waals surface area contributed by atoms with Gasteiger partial charge in [-0.1, -0.05) is 24.3 Å². The number of H-pyrrole nitrogens is 1. The number of nitrogens with zero attached hydrogens (tertiary/aromatic N) is 3. The van der Waals surface area contributed by atoms with Crippen molar-refractivity contribution in [3.05, 3.63) is 96.7 Å². The Morgan fingerprint density at radius 2 is 1.81 bits per heavy atom. The molecular weight excluding hydrogens is 402 g/mol. The summed E-state index contributed by atoms with van der Waals surface area (Å²) in [5.41, 5.74) is 4.36.